The molecule has 0 saturated carbocycles. The SMILES string of the molecule is Cc1sc(NC(=O)c2cc3ccccc3oc2=O)c(C(N)=O)c1C. The maximum atomic E-state index is 12.5. The molecule has 24 heavy (non-hydrogen) atoms. The van der Waals surface area contributed by atoms with Crippen LogP contribution in [0.3, 0.4) is 0 Å². The molecule has 122 valence electrons. The molecular formula is C17H14N2O4S. The smallest absolute Gasteiger partial charge is 0.349 e. The number of carbonyl (C=O) groups is 2. The molecule has 0 aliphatic heterocycles. The van der Waals surface area contributed by atoms with E-state index in [1.165, 1.54) is 17.4 Å². The van der Waals surface area contributed by atoms with Gasteiger partial charge in [0.2, 0.25) is 0 Å². The Morgan fingerprint density at radius 2 is 1.92 bits per heavy atom. The number of hydrogen-bond acceptors (Lipinski definition) is 5. The van der Waals surface area contributed by atoms with Crippen LogP contribution in [0.25, 0.3) is 11.0 Å². The second kappa shape index (κ2) is 5.93. The van der Waals surface area contributed by atoms with Gasteiger partial charge in [0.15, 0.2) is 0 Å². The zero-order valence-electron chi connectivity index (χ0n) is 13.0. The Hall–Kier alpha value is -2.93. The molecule has 2 heterocycles. The van der Waals surface area contributed by atoms with E-state index in [2.05, 4.69) is 5.32 Å². The molecule has 3 aromatic rings. The van der Waals surface area contributed by atoms with Gasteiger partial charge in [0.1, 0.15) is 16.1 Å². The van der Waals surface area contributed by atoms with Crippen molar-refractivity contribution in [1.29, 1.82) is 0 Å². The molecule has 1 aromatic carbocycles. The summed E-state index contributed by atoms with van der Waals surface area (Å²) in [6, 6.07) is 8.37. The molecule has 0 bridgehead atoms. The summed E-state index contributed by atoms with van der Waals surface area (Å²) in [4.78, 5) is 37.0. The molecule has 3 N–H and O–H groups in total. The molecule has 2 aromatic heterocycles. The summed E-state index contributed by atoms with van der Waals surface area (Å²) in [5, 5.41) is 3.56. The highest BCUT2D eigenvalue weighted by Gasteiger charge is 2.21. The van der Waals surface area contributed by atoms with Crippen molar-refractivity contribution >= 4 is 39.1 Å². The van der Waals surface area contributed by atoms with E-state index in [0.29, 0.717) is 21.5 Å². The molecule has 0 fully saturated rings. The fourth-order valence-electron chi connectivity index (χ4n) is 2.40. The molecule has 7 heteroatoms. The third-order valence-electron chi connectivity index (χ3n) is 3.74. The Balaban J connectivity index is 2.02. The van der Waals surface area contributed by atoms with Gasteiger partial charge in [-0.25, -0.2) is 4.79 Å². The largest absolute Gasteiger partial charge is 0.422 e. The maximum Gasteiger partial charge on any atom is 0.349 e. The van der Waals surface area contributed by atoms with Crippen LogP contribution in [0.1, 0.15) is 31.2 Å². The van der Waals surface area contributed by atoms with Crippen molar-refractivity contribution in [3.63, 3.8) is 0 Å². The van der Waals surface area contributed by atoms with Crippen LogP contribution < -0.4 is 16.7 Å². The van der Waals surface area contributed by atoms with Gasteiger partial charge in [-0.3, -0.25) is 9.59 Å². The molecule has 0 unspecified atom stereocenters. The first kappa shape index (κ1) is 15.9. The number of nitrogens with two attached hydrogens (primary N) is 1. The predicted octanol–water partition coefficient (Wildman–Crippen LogP) is 2.82. The van der Waals surface area contributed by atoms with Crippen LogP contribution >= 0.6 is 11.3 Å². The molecular weight excluding hydrogens is 328 g/mol. The average molecular weight is 342 g/mol. The number of rotatable bonds is 3. The van der Waals surface area contributed by atoms with Crippen LogP contribution in [0.4, 0.5) is 5.00 Å². The minimum atomic E-state index is -0.739. The topological polar surface area (TPSA) is 102 Å². The van der Waals surface area contributed by atoms with E-state index in [1.807, 2.05) is 6.92 Å². The molecule has 0 atom stereocenters. The maximum absolute atomic E-state index is 12.5. The summed E-state index contributed by atoms with van der Waals surface area (Å²) >= 11 is 1.24. The summed E-state index contributed by atoms with van der Waals surface area (Å²) in [6.45, 7) is 3.58. The van der Waals surface area contributed by atoms with Crippen LogP contribution in [0, 0.1) is 13.8 Å². The highest BCUT2D eigenvalue weighted by molar-refractivity contribution is 7.16. The third kappa shape index (κ3) is 2.69. The van der Waals surface area contributed by atoms with Gasteiger partial charge in [0.25, 0.3) is 11.8 Å². The van der Waals surface area contributed by atoms with Crippen LogP contribution in [0.5, 0.6) is 0 Å². The molecule has 0 spiro atoms. The molecule has 0 aliphatic rings. The number of thiophene rings is 1. The van der Waals surface area contributed by atoms with Gasteiger partial charge in [-0.2, -0.15) is 0 Å². The minimum Gasteiger partial charge on any atom is -0.422 e. The van der Waals surface area contributed by atoms with Gasteiger partial charge in [0, 0.05) is 10.3 Å². The lowest BCUT2D eigenvalue weighted by molar-refractivity contribution is 0.100. The fraction of sp³-hybridized carbons (Fsp3) is 0.118. The lowest BCUT2D eigenvalue weighted by atomic mass is 10.1. The van der Waals surface area contributed by atoms with E-state index in [9.17, 15) is 14.4 Å². The Bertz CT molecular complexity index is 1030. The number of anilines is 1. The molecule has 6 nitrogen and oxygen atoms in total. The van der Waals surface area contributed by atoms with Gasteiger partial charge >= 0.3 is 5.63 Å². The molecule has 0 saturated heterocycles. The number of carbonyl (C=O) groups excluding carboxylic acids is 2. The molecule has 3 rings (SSSR count). The first-order chi connectivity index (χ1) is 11.4. The lowest BCUT2D eigenvalue weighted by Crippen LogP contribution is -2.22. The van der Waals surface area contributed by atoms with Crippen molar-refractivity contribution < 1.29 is 14.0 Å². The number of fused-ring (bicyclic) bond motifs is 1. The summed E-state index contributed by atoms with van der Waals surface area (Å²) < 4.78 is 5.15. The highest BCUT2D eigenvalue weighted by Crippen LogP contribution is 2.32. The van der Waals surface area contributed by atoms with E-state index in [1.54, 1.807) is 31.2 Å². The van der Waals surface area contributed by atoms with Crippen molar-refractivity contribution in [1.82, 2.24) is 0 Å². The zero-order valence-corrected chi connectivity index (χ0v) is 13.8. The van der Waals surface area contributed by atoms with Crippen molar-refractivity contribution in [3.05, 3.63) is 62.3 Å². The van der Waals surface area contributed by atoms with Crippen molar-refractivity contribution in [3.8, 4) is 0 Å². The Labute approximate surface area is 140 Å². The monoisotopic (exact) mass is 342 g/mol. The van der Waals surface area contributed by atoms with Gasteiger partial charge in [-0.15, -0.1) is 11.3 Å². The van der Waals surface area contributed by atoms with Crippen LogP contribution in [-0.4, -0.2) is 11.8 Å². The lowest BCUT2D eigenvalue weighted by Gasteiger charge is -2.05. The van der Waals surface area contributed by atoms with E-state index in [0.717, 1.165) is 4.88 Å². The first-order valence-electron chi connectivity index (χ1n) is 7.12. The summed E-state index contributed by atoms with van der Waals surface area (Å²) in [5.41, 5.74) is 5.89. The van der Waals surface area contributed by atoms with E-state index in [4.69, 9.17) is 10.2 Å². The van der Waals surface area contributed by atoms with Crippen LogP contribution in [0.2, 0.25) is 0 Å². The van der Waals surface area contributed by atoms with Crippen molar-refractivity contribution in [2.24, 2.45) is 5.73 Å². The summed E-state index contributed by atoms with van der Waals surface area (Å²) in [6.07, 6.45) is 0. The molecule has 0 aliphatic carbocycles. The fourth-order valence-corrected chi connectivity index (χ4v) is 3.46. The van der Waals surface area contributed by atoms with Crippen LogP contribution in [0.15, 0.2) is 39.5 Å². The number of nitrogens with one attached hydrogen (secondary N) is 1. The van der Waals surface area contributed by atoms with E-state index in [-0.39, 0.29) is 11.1 Å². The van der Waals surface area contributed by atoms with E-state index < -0.39 is 17.4 Å². The van der Waals surface area contributed by atoms with Crippen molar-refractivity contribution in [2.75, 3.05) is 5.32 Å². The Kier molecular flexibility index (Phi) is 3.94. The highest BCUT2D eigenvalue weighted by atomic mass is 32.1. The average Bonchev–Trinajstić information content (AvgIpc) is 2.80. The second-order valence-corrected chi connectivity index (χ2v) is 6.52. The summed E-state index contributed by atoms with van der Waals surface area (Å²) in [5.74, 6) is -1.27. The minimum absolute atomic E-state index is 0.132. The number of hydrogen-bond donors (Lipinski definition) is 2. The van der Waals surface area contributed by atoms with Gasteiger partial charge < -0.3 is 15.5 Å². The first-order valence-corrected chi connectivity index (χ1v) is 7.94. The van der Waals surface area contributed by atoms with Gasteiger partial charge in [0.05, 0.1) is 5.56 Å². The Morgan fingerprint density at radius 3 is 2.62 bits per heavy atom. The zero-order chi connectivity index (χ0) is 17.4. The molecule has 0 radical (unpaired) electrons. The van der Waals surface area contributed by atoms with Crippen LogP contribution in [-0.2, 0) is 0 Å². The number of primary amides is 1. The normalized spacial score (nSPS) is 10.8. The van der Waals surface area contributed by atoms with Gasteiger partial charge in [-0.1, -0.05) is 18.2 Å². The Morgan fingerprint density at radius 1 is 1.21 bits per heavy atom. The number of para-hydroxylation sites is 1. The quantitative estimate of drug-likeness (QED) is 0.714. The summed E-state index contributed by atoms with van der Waals surface area (Å²) in [7, 11) is 0. The molecule has 2 amide bonds. The third-order valence-corrected chi connectivity index (χ3v) is 4.87. The number of aryl methyl sites for hydroxylation is 1. The predicted molar refractivity (Wildman–Crippen MR) is 92.7 cm³/mol. The second-order valence-electron chi connectivity index (χ2n) is 5.29. The van der Waals surface area contributed by atoms with Gasteiger partial charge in [-0.05, 0) is 31.5 Å². The number of amides is 2. The standard InChI is InChI=1S/C17H14N2O4S/c1-8-9(2)24-16(13(8)14(18)20)19-15(21)11-7-10-5-3-4-6-12(10)23-17(11)22/h3-7H,1-2H3,(H2,18,20)(H,19,21). The van der Waals surface area contributed by atoms with Crippen molar-refractivity contribution in [2.45, 2.75) is 13.8 Å². The van der Waals surface area contributed by atoms with E-state index >= 15 is 0 Å². The number of benzene rings is 1.